The Balaban J connectivity index is 2.04. The van der Waals surface area contributed by atoms with Crippen molar-refractivity contribution in [3.63, 3.8) is 0 Å². The summed E-state index contributed by atoms with van der Waals surface area (Å²) in [7, 11) is 1.51. The van der Waals surface area contributed by atoms with Gasteiger partial charge in [0, 0.05) is 6.07 Å². The van der Waals surface area contributed by atoms with Gasteiger partial charge in [0.25, 0.3) is 5.91 Å². The number of hydrogen-bond acceptors (Lipinski definition) is 5. The number of rotatable bonds is 5. The molecule has 1 saturated heterocycles. The largest absolute Gasteiger partial charge is 0.497 e. The van der Waals surface area contributed by atoms with E-state index >= 15 is 0 Å². The second kappa shape index (κ2) is 8.78. The molecule has 1 aliphatic rings. The van der Waals surface area contributed by atoms with Crippen molar-refractivity contribution in [1.82, 2.24) is 0 Å². The van der Waals surface area contributed by atoms with Crippen LogP contribution in [-0.2, 0) is 16.0 Å². The van der Waals surface area contributed by atoms with E-state index < -0.39 is 11.2 Å². The average molecular weight is 448 g/mol. The standard InChI is InChI=1S/C20H15Cl2N3O3S/c1-28-13-4-2-3-12(9-13)25-19(27)17(29-20(25)14(10-23)18(24)26)8-11-5-6-15(21)16(22)7-11/h2-7,9,17H,8H2,1H3,(H2,24,26)/b20-14-. The first kappa shape index (κ1) is 21.1. The SMILES string of the molecule is COc1cccc(N2C(=O)C(Cc3ccc(Cl)c(Cl)c3)S/C2=C(/C#N)C(N)=O)c1. The Morgan fingerprint density at radius 1 is 1.28 bits per heavy atom. The molecule has 3 rings (SSSR count). The summed E-state index contributed by atoms with van der Waals surface area (Å²) in [6.45, 7) is 0. The van der Waals surface area contributed by atoms with Crippen molar-refractivity contribution in [3.05, 3.63) is 68.7 Å². The van der Waals surface area contributed by atoms with Gasteiger partial charge in [0.1, 0.15) is 22.4 Å². The average Bonchev–Trinajstić information content (AvgIpc) is 3.01. The Hall–Kier alpha value is -2.66. The first-order chi connectivity index (χ1) is 13.8. The summed E-state index contributed by atoms with van der Waals surface area (Å²) in [5, 5.41) is 9.86. The van der Waals surface area contributed by atoms with Crippen LogP contribution in [0.25, 0.3) is 0 Å². The molecule has 1 fully saturated rings. The lowest BCUT2D eigenvalue weighted by molar-refractivity contribution is -0.117. The molecule has 148 valence electrons. The molecule has 0 radical (unpaired) electrons. The maximum Gasteiger partial charge on any atom is 0.262 e. The summed E-state index contributed by atoms with van der Waals surface area (Å²) in [4.78, 5) is 26.4. The van der Waals surface area contributed by atoms with E-state index in [9.17, 15) is 14.9 Å². The van der Waals surface area contributed by atoms with E-state index in [-0.39, 0.29) is 16.5 Å². The van der Waals surface area contributed by atoms with Gasteiger partial charge >= 0.3 is 0 Å². The van der Waals surface area contributed by atoms with Gasteiger partial charge in [-0.05, 0) is 36.2 Å². The van der Waals surface area contributed by atoms with E-state index in [2.05, 4.69) is 0 Å². The predicted octanol–water partition coefficient (Wildman–Crippen LogP) is 3.91. The number of methoxy groups -OCH3 is 1. The van der Waals surface area contributed by atoms with Crippen molar-refractivity contribution >= 4 is 52.5 Å². The summed E-state index contributed by atoms with van der Waals surface area (Å²) in [6.07, 6.45) is 0.335. The van der Waals surface area contributed by atoms with Gasteiger partial charge in [-0.25, -0.2) is 0 Å². The molecule has 0 spiro atoms. The minimum absolute atomic E-state index is 0.198. The van der Waals surface area contributed by atoms with Crippen molar-refractivity contribution in [2.24, 2.45) is 5.73 Å². The second-order valence-electron chi connectivity index (χ2n) is 6.09. The minimum atomic E-state index is -0.897. The van der Waals surface area contributed by atoms with Crippen LogP contribution in [0.3, 0.4) is 0 Å². The number of hydrogen-bond donors (Lipinski definition) is 1. The first-order valence-electron chi connectivity index (χ1n) is 8.38. The van der Waals surface area contributed by atoms with E-state index in [1.165, 1.54) is 12.0 Å². The van der Waals surface area contributed by atoms with E-state index in [1.54, 1.807) is 42.5 Å². The summed E-state index contributed by atoms with van der Waals surface area (Å²) in [6, 6.07) is 13.7. The number of anilines is 1. The molecule has 6 nitrogen and oxygen atoms in total. The maximum absolute atomic E-state index is 13.2. The lowest BCUT2D eigenvalue weighted by Crippen LogP contribution is -2.31. The van der Waals surface area contributed by atoms with Crippen LogP contribution in [0.15, 0.2) is 53.1 Å². The molecule has 2 aromatic carbocycles. The molecule has 2 amide bonds. The number of ether oxygens (including phenoxy) is 1. The molecular weight excluding hydrogens is 433 g/mol. The molecule has 0 bridgehead atoms. The molecule has 1 atom stereocenters. The van der Waals surface area contributed by atoms with Gasteiger partial charge in [-0.1, -0.05) is 47.1 Å². The number of carbonyl (C=O) groups excluding carboxylic acids is 2. The van der Waals surface area contributed by atoms with Gasteiger partial charge < -0.3 is 10.5 Å². The highest BCUT2D eigenvalue weighted by molar-refractivity contribution is 8.05. The topological polar surface area (TPSA) is 96.4 Å². The Morgan fingerprint density at radius 2 is 2.03 bits per heavy atom. The third-order valence-electron chi connectivity index (χ3n) is 4.24. The second-order valence-corrected chi connectivity index (χ2v) is 8.10. The smallest absolute Gasteiger partial charge is 0.262 e. The molecule has 1 aliphatic heterocycles. The third-order valence-corrected chi connectivity index (χ3v) is 6.24. The van der Waals surface area contributed by atoms with Crippen LogP contribution in [0.2, 0.25) is 10.0 Å². The highest BCUT2D eigenvalue weighted by atomic mass is 35.5. The lowest BCUT2D eigenvalue weighted by atomic mass is 10.1. The van der Waals surface area contributed by atoms with Gasteiger partial charge in [-0.3, -0.25) is 14.5 Å². The van der Waals surface area contributed by atoms with Gasteiger partial charge in [0.05, 0.1) is 28.1 Å². The number of primary amides is 1. The van der Waals surface area contributed by atoms with Crippen molar-refractivity contribution < 1.29 is 14.3 Å². The zero-order valence-electron chi connectivity index (χ0n) is 15.2. The molecule has 1 unspecified atom stereocenters. The quantitative estimate of drug-likeness (QED) is 0.553. The summed E-state index contributed by atoms with van der Waals surface area (Å²) in [5.41, 5.74) is 6.38. The van der Waals surface area contributed by atoms with Crippen LogP contribution < -0.4 is 15.4 Å². The highest BCUT2D eigenvalue weighted by Crippen LogP contribution is 2.42. The molecule has 0 aromatic heterocycles. The molecular formula is C20H15Cl2N3O3S. The maximum atomic E-state index is 13.2. The summed E-state index contributed by atoms with van der Waals surface area (Å²) >= 11 is 13.1. The van der Waals surface area contributed by atoms with Crippen LogP contribution in [0.4, 0.5) is 5.69 Å². The zero-order chi connectivity index (χ0) is 21.1. The van der Waals surface area contributed by atoms with E-state index in [1.807, 2.05) is 6.07 Å². The van der Waals surface area contributed by atoms with Crippen LogP contribution in [0.1, 0.15) is 5.56 Å². The number of nitrogens with zero attached hydrogens (tertiary/aromatic N) is 2. The van der Waals surface area contributed by atoms with Crippen molar-refractivity contribution in [1.29, 1.82) is 5.26 Å². The fourth-order valence-corrected chi connectivity index (χ4v) is 4.50. The van der Waals surface area contributed by atoms with Crippen LogP contribution >= 0.6 is 35.0 Å². The molecule has 2 aromatic rings. The minimum Gasteiger partial charge on any atom is -0.497 e. The number of nitrogens with two attached hydrogens (primary N) is 1. The number of thioether (sulfide) groups is 1. The van der Waals surface area contributed by atoms with Crippen LogP contribution in [0, 0.1) is 11.3 Å². The van der Waals surface area contributed by atoms with Gasteiger partial charge in [0.15, 0.2) is 0 Å². The van der Waals surface area contributed by atoms with E-state index in [0.717, 1.165) is 17.3 Å². The Morgan fingerprint density at radius 3 is 2.66 bits per heavy atom. The third kappa shape index (κ3) is 4.35. The number of benzene rings is 2. The molecule has 2 N–H and O–H groups in total. The highest BCUT2D eigenvalue weighted by Gasteiger charge is 2.40. The normalized spacial score (nSPS) is 17.8. The number of amides is 2. The van der Waals surface area contributed by atoms with Gasteiger partial charge in [-0.2, -0.15) is 5.26 Å². The molecule has 29 heavy (non-hydrogen) atoms. The monoisotopic (exact) mass is 447 g/mol. The van der Waals surface area contributed by atoms with Crippen molar-refractivity contribution in [2.75, 3.05) is 12.0 Å². The summed E-state index contributed by atoms with van der Waals surface area (Å²) < 4.78 is 5.22. The Kier molecular flexibility index (Phi) is 6.38. The number of halogens is 2. The molecule has 0 saturated carbocycles. The molecule has 0 aliphatic carbocycles. The molecule has 1 heterocycles. The van der Waals surface area contributed by atoms with Crippen LogP contribution in [-0.4, -0.2) is 24.2 Å². The van der Waals surface area contributed by atoms with Crippen molar-refractivity contribution in [2.45, 2.75) is 11.7 Å². The zero-order valence-corrected chi connectivity index (χ0v) is 17.5. The van der Waals surface area contributed by atoms with Crippen molar-refractivity contribution in [3.8, 4) is 11.8 Å². The number of carbonyl (C=O) groups is 2. The fourth-order valence-electron chi connectivity index (χ4n) is 2.86. The summed E-state index contributed by atoms with van der Waals surface area (Å²) in [5.74, 6) is -0.644. The predicted molar refractivity (Wildman–Crippen MR) is 114 cm³/mol. The van der Waals surface area contributed by atoms with Gasteiger partial charge in [0.2, 0.25) is 5.91 Å². The first-order valence-corrected chi connectivity index (χ1v) is 10.0. The fraction of sp³-hybridized carbons (Fsp3) is 0.150. The van der Waals surface area contributed by atoms with Crippen LogP contribution in [0.5, 0.6) is 5.75 Å². The van der Waals surface area contributed by atoms with E-state index in [0.29, 0.717) is 27.9 Å². The van der Waals surface area contributed by atoms with Gasteiger partial charge in [-0.15, -0.1) is 0 Å². The lowest BCUT2D eigenvalue weighted by Gasteiger charge is -2.19. The number of nitriles is 1. The Labute approximate surface area is 181 Å². The van der Waals surface area contributed by atoms with E-state index in [4.69, 9.17) is 33.7 Å². The Bertz CT molecular complexity index is 1070. The molecule has 9 heteroatoms.